The molecule has 3 aromatic carbocycles. The van der Waals surface area contributed by atoms with E-state index in [0.29, 0.717) is 39.5 Å². The fraction of sp³-hybridized carbons (Fsp3) is 0.179. The first-order valence-corrected chi connectivity index (χ1v) is 13.6. The van der Waals surface area contributed by atoms with Crippen molar-refractivity contribution in [1.29, 1.82) is 0 Å². The van der Waals surface area contributed by atoms with Crippen molar-refractivity contribution in [2.24, 2.45) is 4.99 Å². The topological polar surface area (TPSA) is 80.2 Å². The van der Waals surface area contributed by atoms with Crippen molar-refractivity contribution in [2.75, 3.05) is 25.6 Å². The van der Waals surface area contributed by atoms with Crippen LogP contribution < -0.4 is 14.8 Å². The van der Waals surface area contributed by atoms with Gasteiger partial charge in [0.05, 0.1) is 21.3 Å². The van der Waals surface area contributed by atoms with Gasteiger partial charge in [-0.15, -0.1) is 0 Å². The second kappa shape index (κ2) is 12.4. The second-order valence-corrected chi connectivity index (χ2v) is 10.4. The Bertz CT molecular complexity index is 1410. The van der Waals surface area contributed by atoms with Crippen LogP contribution in [0.3, 0.4) is 0 Å². The number of hydrogen-bond acceptors (Lipinski definition) is 6. The second-order valence-electron chi connectivity index (χ2n) is 8.27. The minimum absolute atomic E-state index is 0.166. The van der Waals surface area contributed by atoms with Crippen molar-refractivity contribution in [3.63, 3.8) is 0 Å². The zero-order valence-corrected chi connectivity index (χ0v) is 23.9. The lowest BCUT2D eigenvalue weighted by atomic mass is 10.2. The van der Waals surface area contributed by atoms with Crippen molar-refractivity contribution in [3.05, 3.63) is 86.1 Å². The van der Waals surface area contributed by atoms with E-state index in [1.807, 2.05) is 44.2 Å². The normalized spacial score (nSPS) is 15.3. The summed E-state index contributed by atoms with van der Waals surface area (Å²) >= 11 is 3.36. The molecule has 0 unspecified atom stereocenters. The summed E-state index contributed by atoms with van der Waals surface area (Å²) in [6.07, 6.45) is 1.77. The molecular weight excluding hydrogens is 620 g/mol. The highest BCUT2D eigenvalue weighted by atomic mass is 127. The number of carbonyl (C=O) groups is 2. The maximum atomic E-state index is 13.3. The Kier molecular flexibility index (Phi) is 9.05. The Hall–Kier alpha value is -3.38. The molecule has 3 aromatic rings. The molecule has 0 aliphatic carbocycles. The van der Waals surface area contributed by atoms with Gasteiger partial charge in [-0.05, 0) is 108 Å². The molecule has 1 aliphatic rings. The summed E-state index contributed by atoms with van der Waals surface area (Å²) in [6.45, 7) is 4.10. The number of carbonyl (C=O) groups excluding carboxylic acids is 2. The minimum Gasteiger partial charge on any atom is -0.493 e. The Morgan fingerprint density at radius 2 is 1.87 bits per heavy atom. The molecule has 1 saturated heterocycles. The molecule has 0 atom stereocenters. The molecule has 2 amide bonds. The van der Waals surface area contributed by atoms with Gasteiger partial charge in [-0.25, -0.2) is 9.38 Å². The minimum atomic E-state index is -0.347. The van der Waals surface area contributed by atoms with Crippen molar-refractivity contribution in [1.82, 2.24) is 4.90 Å². The van der Waals surface area contributed by atoms with Gasteiger partial charge in [-0.3, -0.25) is 14.5 Å². The first-order chi connectivity index (χ1) is 18.3. The van der Waals surface area contributed by atoms with Crippen LogP contribution in [0.1, 0.15) is 18.1 Å². The molecule has 4 rings (SSSR count). The van der Waals surface area contributed by atoms with Crippen LogP contribution in [0.15, 0.2) is 70.6 Å². The van der Waals surface area contributed by atoms with E-state index in [9.17, 15) is 14.0 Å². The number of nitrogens with one attached hydrogen (secondary N) is 1. The fourth-order valence-corrected chi connectivity index (χ4v) is 5.43. The van der Waals surface area contributed by atoms with Crippen LogP contribution in [0.25, 0.3) is 6.08 Å². The average Bonchev–Trinajstić information content (AvgIpc) is 3.19. The fourth-order valence-electron chi connectivity index (χ4n) is 3.58. The number of aliphatic imine (C=N–C) groups is 1. The van der Waals surface area contributed by atoms with Crippen LogP contribution >= 0.6 is 34.4 Å². The third kappa shape index (κ3) is 6.73. The smallest absolute Gasteiger partial charge is 0.266 e. The number of ether oxygens (including phenoxy) is 2. The van der Waals surface area contributed by atoms with E-state index in [4.69, 9.17) is 9.47 Å². The standard InChI is InChI=1S/C28H25FIN3O4S/c1-4-33-27(35)24(38-28(33)32-21-11-7-19(29)8-12-21)15-18-13-22(30)26(23(14-18)36-3)37-16-25(34)31-20-9-5-17(2)6-10-20/h5-15H,4,16H2,1-3H3,(H,31,34)/b24-15+,32-28?. The lowest BCUT2D eigenvalue weighted by molar-refractivity contribution is -0.122. The number of rotatable bonds is 8. The predicted octanol–water partition coefficient (Wildman–Crippen LogP) is 6.39. The summed E-state index contributed by atoms with van der Waals surface area (Å²) in [4.78, 5) is 32.0. The number of methoxy groups -OCH3 is 1. The summed E-state index contributed by atoms with van der Waals surface area (Å²) in [5.41, 5.74) is 3.09. The maximum absolute atomic E-state index is 13.3. The zero-order chi connectivity index (χ0) is 27.2. The molecule has 1 aliphatic heterocycles. The number of benzene rings is 3. The number of hydrogen-bond donors (Lipinski definition) is 1. The number of nitrogens with zero attached hydrogens (tertiary/aromatic N) is 2. The summed E-state index contributed by atoms with van der Waals surface area (Å²) in [7, 11) is 1.52. The molecule has 0 saturated carbocycles. The summed E-state index contributed by atoms with van der Waals surface area (Å²) in [5, 5.41) is 3.33. The van der Waals surface area contributed by atoms with Crippen LogP contribution in [0, 0.1) is 16.3 Å². The number of amides is 2. The van der Waals surface area contributed by atoms with Crippen LogP contribution in [0.4, 0.5) is 15.8 Å². The van der Waals surface area contributed by atoms with Gasteiger partial charge in [0.1, 0.15) is 5.82 Å². The highest BCUT2D eigenvalue weighted by Gasteiger charge is 2.32. The molecule has 0 bridgehead atoms. The lowest BCUT2D eigenvalue weighted by Crippen LogP contribution is -2.28. The number of anilines is 1. The maximum Gasteiger partial charge on any atom is 0.266 e. The van der Waals surface area contributed by atoms with Gasteiger partial charge >= 0.3 is 0 Å². The molecule has 10 heteroatoms. The van der Waals surface area contributed by atoms with Gasteiger partial charge in [0.2, 0.25) is 0 Å². The van der Waals surface area contributed by atoms with Crippen molar-refractivity contribution in [2.45, 2.75) is 13.8 Å². The lowest BCUT2D eigenvalue weighted by Gasteiger charge is -2.14. The van der Waals surface area contributed by atoms with Crippen molar-refractivity contribution >= 4 is 68.8 Å². The van der Waals surface area contributed by atoms with Gasteiger partial charge in [0.15, 0.2) is 23.3 Å². The van der Waals surface area contributed by atoms with E-state index >= 15 is 0 Å². The quantitative estimate of drug-likeness (QED) is 0.227. The van der Waals surface area contributed by atoms with E-state index < -0.39 is 0 Å². The van der Waals surface area contributed by atoms with Crippen LogP contribution in [-0.2, 0) is 9.59 Å². The van der Waals surface area contributed by atoms with Crippen molar-refractivity contribution < 1.29 is 23.5 Å². The largest absolute Gasteiger partial charge is 0.493 e. The number of likely N-dealkylation sites (N-methyl/N-ethyl adjacent to an activating group) is 1. The van der Waals surface area contributed by atoms with E-state index in [1.165, 1.54) is 31.0 Å². The molecule has 196 valence electrons. The predicted molar refractivity (Wildman–Crippen MR) is 157 cm³/mol. The summed E-state index contributed by atoms with van der Waals surface area (Å²) in [6, 6.07) is 16.9. The Labute approximate surface area is 238 Å². The third-order valence-electron chi connectivity index (χ3n) is 5.49. The molecule has 0 radical (unpaired) electrons. The molecule has 0 aromatic heterocycles. The Morgan fingerprint density at radius 3 is 2.53 bits per heavy atom. The van der Waals surface area contributed by atoms with Gasteiger partial charge in [0, 0.05) is 12.2 Å². The molecule has 1 N–H and O–H groups in total. The van der Waals surface area contributed by atoms with E-state index in [-0.39, 0.29) is 24.2 Å². The first kappa shape index (κ1) is 27.6. The molecule has 7 nitrogen and oxygen atoms in total. The monoisotopic (exact) mass is 645 g/mol. The highest BCUT2D eigenvalue weighted by molar-refractivity contribution is 14.1. The van der Waals surface area contributed by atoms with E-state index in [2.05, 4.69) is 32.9 Å². The molecule has 38 heavy (non-hydrogen) atoms. The van der Waals surface area contributed by atoms with Gasteiger partial charge in [-0.2, -0.15) is 0 Å². The molecular formula is C28H25FIN3O4S. The number of halogens is 2. The molecule has 1 heterocycles. The van der Waals surface area contributed by atoms with E-state index in [0.717, 1.165) is 14.7 Å². The van der Waals surface area contributed by atoms with Gasteiger partial charge in [0.25, 0.3) is 11.8 Å². The summed E-state index contributed by atoms with van der Waals surface area (Å²) < 4.78 is 25.3. The summed E-state index contributed by atoms with van der Waals surface area (Å²) in [5.74, 6) is 0.0714. The Balaban J connectivity index is 1.51. The highest BCUT2D eigenvalue weighted by Crippen LogP contribution is 2.38. The number of aryl methyl sites for hydroxylation is 1. The Morgan fingerprint density at radius 1 is 1.16 bits per heavy atom. The van der Waals surface area contributed by atoms with Crippen LogP contribution in [0.5, 0.6) is 11.5 Å². The van der Waals surface area contributed by atoms with Crippen molar-refractivity contribution in [3.8, 4) is 11.5 Å². The van der Waals surface area contributed by atoms with Gasteiger partial charge in [-0.1, -0.05) is 17.7 Å². The van der Waals surface area contributed by atoms with E-state index in [1.54, 1.807) is 29.2 Å². The van der Waals surface area contributed by atoms with Crippen LogP contribution in [-0.4, -0.2) is 42.1 Å². The van der Waals surface area contributed by atoms with Crippen LogP contribution in [0.2, 0.25) is 0 Å². The van der Waals surface area contributed by atoms with Gasteiger partial charge < -0.3 is 14.8 Å². The number of amidine groups is 1. The molecule has 1 fully saturated rings. The average molecular weight is 645 g/mol. The SMILES string of the molecule is CCN1C(=O)/C(=C\c2cc(I)c(OCC(=O)Nc3ccc(C)cc3)c(OC)c2)SC1=Nc1ccc(F)cc1. The third-order valence-corrected chi connectivity index (χ3v) is 7.30. The first-order valence-electron chi connectivity index (χ1n) is 11.7. The zero-order valence-electron chi connectivity index (χ0n) is 21.0. The molecule has 0 spiro atoms. The number of thioether (sulfide) groups is 1.